The molecule has 0 saturated carbocycles. The second-order valence-electron chi connectivity index (χ2n) is 2.47. The molecular weight excluding hydrogens is 148 g/mol. The number of carbonyl (C=O) groups is 1. The molecule has 0 bridgehead atoms. The Balaban J connectivity index is 2.81. The van der Waals surface area contributed by atoms with Gasteiger partial charge in [-0.1, -0.05) is 17.7 Å². The maximum atomic E-state index is 10.3. The molecule has 1 atom stereocenters. The maximum Gasteiger partial charge on any atom is 0.147 e. The zero-order valence-corrected chi connectivity index (χ0v) is 6.56. The Morgan fingerprint density at radius 3 is 2.90 bits per heavy atom. The summed E-state index contributed by atoms with van der Waals surface area (Å²) in [5.74, 6) is 0. The second kappa shape index (κ2) is 3.02. The predicted molar refractivity (Wildman–Crippen MR) is 42.2 cm³/mol. The molecule has 0 spiro atoms. The monoisotopic (exact) mass is 156 g/mol. The molecule has 0 fully saturated rings. The highest BCUT2D eigenvalue weighted by atomic mass is 35.5. The first-order chi connectivity index (χ1) is 4.74. The van der Waals surface area contributed by atoms with Crippen LogP contribution in [-0.2, 0) is 4.79 Å². The first kappa shape index (κ1) is 7.55. The second-order valence-corrected chi connectivity index (χ2v) is 3.00. The number of rotatable bonds is 1. The summed E-state index contributed by atoms with van der Waals surface area (Å²) in [5.41, 5.74) is 1.91. The van der Waals surface area contributed by atoms with Gasteiger partial charge in [-0.25, -0.2) is 0 Å². The van der Waals surface area contributed by atoms with Crippen molar-refractivity contribution in [2.24, 2.45) is 0 Å². The van der Waals surface area contributed by atoms with E-state index in [4.69, 9.17) is 11.6 Å². The van der Waals surface area contributed by atoms with Gasteiger partial charge in [0.25, 0.3) is 0 Å². The molecule has 0 radical (unpaired) electrons. The van der Waals surface area contributed by atoms with Crippen molar-refractivity contribution < 1.29 is 4.79 Å². The lowest BCUT2D eigenvalue weighted by Crippen LogP contribution is -2.07. The van der Waals surface area contributed by atoms with Crippen LogP contribution in [0.2, 0.25) is 0 Å². The van der Waals surface area contributed by atoms with Gasteiger partial charge in [-0.2, -0.15) is 0 Å². The normalized spacial score (nSPS) is 25.2. The van der Waals surface area contributed by atoms with Crippen LogP contribution in [0, 0.1) is 0 Å². The molecule has 0 saturated heterocycles. The summed E-state index contributed by atoms with van der Waals surface area (Å²) in [6.07, 6.45) is 5.33. The van der Waals surface area contributed by atoms with Crippen molar-refractivity contribution in [1.82, 2.24) is 0 Å². The molecule has 0 heterocycles. The number of alkyl halides is 1. The highest BCUT2D eigenvalue weighted by molar-refractivity contribution is 6.24. The van der Waals surface area contributed by atoms with E-state index in [9.17, 15) is 4.79 Å². The van der Waals surface area contributed by atoms with Gasteiger partial charge in [0.2, 0.25) is 0 Å². The average Bonchev–Trinajstić information content (AvgIpc) is 1.88. The minimum atomic E-state index is -0.109. The fourth-order valence-corrected chi connectivity index (χ4v) is 1.29. The van der Waals surface area contributed by atoms with E-state index in [1.807, 2.05) is 13.0 Å². The van der Waals surface area contributed by atoms with Gasteiger partial charge in [0.05, 0.1) is 5.38 Å². The Morgan fingerprint density at radius 1 is 1.70 bits per heavy atom. The Hall–Kier alpha value is -0.560. The number of halogens is 1. The predicted octanol–water partition coefficient (Wildman–Crippen LogP) is 2.07. The van der Waals surface area contributed by atoms with Gasteiger partial charge in [-0.3, -0.25) is 4.79 Å². The van der Waals surface area contributed by atoms with Crippen LogP contribution in [0.5, 0.6) is 0 Å². The number of hydrogen-bond donors (Lipinski definition) is 0. The first-order valence-electron chi connectivity index (χ1n) is 3.20. The molecule has 1 aliphatic rings. The fourth-order valence-electron chi connectivity index (χ4n) is 0.925. The lowest BCUT2D eigenvalue weighted by atomic mass is 10.0. The average molecular weight is 157 g/mol. The molecule has 0 aromatic rings. The molecule has 0 aliphatic heterocycles. The van der Waals surface area contributed by atoms with Crippen molar-refractivity contribution in [1.29, 1.82) is 0 Å². The molecule has 54 valence electrons. The quantitative estimate of drug-likeness (QED) is 0.420. The molecule has 1 unspecified atom stereocenters. The SMILES string of the molecule is CC1=CC=C(C=O)C(Cl)C1. The Kier molecular flexibility index (Phi) is 2.28. The zero-order chi connectivity index (χ0) is 7.56. The largest absolute Gasteiger partial charge is 0.298 e. The number of carbonyl (C=O) groups excluding carboxylic acids is 1. The summed E-state index contributed by atoms with van der Waals surface area (Å²) in [4.78, 5) is 10.3. The van der Waals surface area contributed by atoms with E-state index in [0.29, 0.717) is 5.57 Å². The summed E-state index contributed by atoms with van der Waals surface area (Å²) in [5, 5.41) is -0.109. The zero-order valence-electron chi connectivity index (χ0n) is 5.80. The number of aldehydes is 1. The van der Waals surface area contributed by atoms with E-state index in [1.165, 1.54) is 5.57 Å². The lowest BCUT2D eigenvalue weighted by Gasteiger charge is -2.12. The maximum absolute atomic E-state index is 10.3. The number of hydrogen-bond acceptors (Lipinski definition) is 1. The molecule has 0 amide bonds. The minimum Gasteiger partial charge on any atom is -0.298 e. The van der Waals surface area contributed by atoms with Crippen molar-refractivity contribution in [3.8, 4) is 0 Å². The first-order valence-corrected chi connectivity index (χ1v) is 3.64. The summed E-state index contributed by atoms with van der Waals surface area (Å²) in [7, 11) is 0. The highest BCUT2D eigenvalue weighted by Gasteiger charge is 2.13. The highest BCUT2D eigenvalue weighted by Crippen LogP contribution is 2.21. The van der Waals surface area contributed by atoms with Gasteiger partial charge in [0.15, 0.2) is 0 Å². The molecule has 1 rings (SSSR count). The molecule has 0 aromatic carbocycles. The van der Waals surface area contributed by atoms with Gasteiger partial charge in [0, 0.05) is 5.57 Å². The van der Waals surface area contributed by atoms with E-state index < -0.39 is 0 Å². The molecular formula is C8H9ClO. The van der Waals surface area contributed by atoms with E-state index >= 15 is 0 Å². The van der Waals surface area contributed by atoms with Crippen LogP contribution in [0.15, 0.2) is 23.3 Å². The van der Waals surface area contributed by atoms with Crippen LogP contribution < -0.4 is 0 Å². The van der Waals surface area contributed by atoms with E-state index in [0.717, 1.165) is 12.7 Å². The Labute approximate surface area is 65.4 Å². The van der Waals surface area contributed by atoms with Crippen LogP contribution >= 0.6 is 11.6 Å². The topological polar surface area (TPSA) is 17.1 Å². The van der Waals surface area contributed by atoms with Crippen molar-refractivity contribution in [2.45, 2.75) is 18.7 Å². The fraction of sp³-hybridized carbons (Fsp3) is 0.375. The van der Waals surface area contributed by atoms with Gasteiger partial charge in [0.1, 0.15) is 6.29 Å². The minimum absolute atomic E-state index is 0.109. The van der Waals surface area contributed by atoms with E-state index in [1.54, 1.807) is 6.08 Å². The molecule has 1 aliphatic carbocycles. The third kappa shape index (κ3) is 1.48. The third-order valence-electron chi connectivity index (χ3n) is 1.56. The third-order valence-corrected chi connectivity index (χ3v) is 1.97. The van der Waals surface area contributed by atoms with Crippen LogP contribution in [-0.4, -0.2) is 11.7 Å². The molecule has 0 aromatic heterocycles. The number of allylic oxidation sites excluding steroid dienone is 4. The van der Waals surface area contributed by atoms with Crippen LogP contribution in [0.1, 0.15) is 13.3 Å². The van der Waals surface area contributed by atoms with Crippen molar-refractivity contribution in [3.05, 3.63) is 23.3 Å². The smallest absolute Gasteiger partial charge is 0.147 e. The molecule has 1 nitrogen and oxygen atoms in total. The lowest BCUT2D eigenvalue weighted by molar-refractivity contribution is -0.105. The van der Waals surface area contributed by atoms with Crippen molar-refractivity contribution >= 4 is 17.9 Å². The van der Waals surface area contributed by atoms with Crippen molar-refractivity contribution in [3.63, 3.8) is 0 Å². The molecule has 2 heteroatoms. The Bertz CT molecular complexity index is 203. The van der Waals surface area contributed by atoms with Crippen molar-refractivity contribution in [2.75, 3.05) is 0 Å². The van der Waals surface area contributed by atoms with E-state index in [-0.39, 0.29) is 5.38 Å². The van der Waals surface area contributed by atoms with Gasteiger partial charge in [-0.05, 0) is 13.3 Å². The van der Waals surface area contributed by atoms with Gasteiger partial charge < -0.3 is 0 Å². The van der Waals surface area contributed by atoms with E-state index in [2.05, 4.69) is 0 Å². The van der Waals surface area contributed by atoms with Crippen LogP contribution in [0.25, 0.3) is 0 Å². The Morgan fingerprint density at radius 2 is 2.40 bits per heavy atom. The van der Waals surface area contributed by atoms with Crippen LogP contribution in [0.4, 0.5) is 0 Å². The molecule has 10 heavy (non-hydrogen) atoms. The van der Waals surface area contributed by atoms with Crippen LogP contribution in [0.3, 0.4) is 0 Å². The standard InChI is InChI=1S/C8H9ClO/c1-6-2-3-7(5-10)8(9)4-6/h2-3,5,8H,4H2,1H3. The summed E-state index contributed by atoms with van der Waals surface area (Å²) in [6.45, 7) is 2.01. The molecule has 0 N–H and O–H groups in total. The summed E-state index contributed by atoms with van der Waals surface area (Å²) < 4.78 is 0. The van der Waals surface area contributed by atoms with Gasteiger partial charge >= 0.3 is 0 Å². The van der Waals surface area contributed by atoms with Gasteiger partial charge in [-0.15, -0.1) is 11.6 Å². The summed E-state index contributed by atoms with van der Waals surface area (Å²) >= 11 is 5.84. The summed E-state index contributed by atoms with van der Waals surface area (Å²) in [6, 6.07) is 0.